The molecule has 1 heterocycles. The molecule has 0 atom stereocenters. The third kappa shape index (κ3) is 3.18. The van der Waals surface area contributed by atoms with Crippen molar-refractivity contribution in [3.05, 3.63) is 58.8 Å². The minimum Gasteiger partial charge on any atom is -0.352 e. The zero-order valence-corrected chi connectivity index (χ0v) is 14.2. The van der Waals surface area contributed by atoms with Gasteiger partial charge in [0.25, 0.3) is 0 Å². The molecule has 6 heteroatoms. The van der Waals surface area contributed by atoms with E-state index in [1.165, 1.54) is 0 Å². The third-order valence-corrected chi connectivity index (χ3v) is 4.57. The largest absolute Gasteiger partial charge is 0.352 e. The van der Waals surface area contributed by atoms with Crippen molar-refractivity contribution in [3.63, 3.8) is 0 Å². The SMILES string of the molecule is O=C(Cn1c2ccccc2c(=O)c2ccccc21)NCC(=O)NC1CC1. The van der Waals surface area contributed by atoms with Gasteiger partial charge in [-0.05, 0) is 37.1 Å². The maximum atomic E-state index is 12.7. The second-order valence-corrected chi connectivity index (χ2v) is 6.57. The molecule has 0 spiro atoms. The quantitative estimate of drug-likeness (QED) is 0.686. The monoisotopic (exact) mass is 349 g/mol. The highest BCUT2D eigenvalue weighted by Gasteiger charge is 2.23. The molecule has 0 unspecified atom stereocenters. The van der Waals surface area contributed by atoms with Gasteiger partial charge in [0.2, 0.25) is 11.8 Å². The summed E-state index contributed by atoms with van der Waals surface area (Å²) in [5.41, 5.74) is 1.36. The number of rotatable bonds is 5. The molecule has 2 N–H and O–H groups in total. The maximum absolute atomic E-state index is 12.7. The number of nitrogens with one attached hydrogen (secondary N) is 2. The Labute approximate surface area is 149 Å². The van der Waals surface area contributed by atoms with E-state index in [0.29, 0.717) is 21.8 Å². The van der Waals surface area contributed by atoms with Crippen LogP contribution in [0.2, 0.25) is 0 Å². The van der Waals surface area contributed by atoms with Crippen LogP contribution >= 0.6 is 0 Å². The molecule has 2 aromatic carbocycles. The lowest BCUT2D eigenvalue weighted by atomic mass is 10.1. The molecule has 1 aliphatic carbocycles. The number of amides is 2. The molecule has 0 bridgehead atoms. The lowest BCUT2D eigenvalue weighted by Crippen LogP contribution is -2.39. The first-order chi connectivity index (χ1) is 12.6. The summed E-state index contributed by atoms with van der Waals surface area (Å²) in [5.74, 6) is -0.439. The number of hydrogen-bond donors (Lipinski definition) is 2. The Bertz CT molecular complexity index is 1010. The normalized spacial score (nSPS) is 13.7. The molecule has 0 saturated heterocycles. The van der Waals surface area contributed by atoms with Crippen molar-refractivity contribution < 1.29 is 9.59 Å². The van der Waals surface area contributed by atoms with E-state index in [2.05, 4.69) is 10.6 Å². The van der Waals surface area contributed by atoms with Crippen LogP contribution in [0.5, 0.6) is 0 Å². The summed E-state index contributed by atoms with van der Waals surface area (Å²) in [4.78, 5) is 36.8. The fourth-order valence-electron chi connectivity index (χ4n) is 3.13. The van der Waals surface area contributed by atoms with Crippen molar-refractivity contribution in [1.29, 1.82) is 0 Å². The van der Waals surface area contributed by atoms with Gasteiger partial charge < -0.3 is 15.2 Å². The van der Waals surface area contributed by atoms with Crippen molar-refractivity contribution in [1.82, 2.24) is 15.2 Å². The predicted octanol–water partition coefficient (Wildman–Crippen LogP) is 1.55. The fraction of sp³-hybridized carbons (Fsp3) is 0.250. The fourth-order valence-corrected chi connectivity index (χ4v) is 3.13. The van der Waals surface area contributed by atoms with Gasteiger partial charge in [0.05, 0.1) is 17.6 Å². The number of benzene rings is 2. The first-order valence-corrected chi connectivity index (χ1v) is 8.70. The van der Waals surface area contributed by atoms with E-state index in [9.17, 15) is 14.4 Å². The molecule has 26 heavy (non-hydrogen) atoms. The summed E-state index contributed by atoms with van der Waals surface area (Å²) < 4.78 is 1.82. The van der Waals surface area contributed by atoms with Gasteiger partial charge in [0.1, 0.15) is 6.54 Å². The van der Waals surface area contributed by atoms with Crippen molar-refractivity contribution in [2.24, 2.45) is 0 Å². The third-order valence-electron chi connectivity index (χ3n) is 4.57. The number of hydrogen-bond acceptors (Lipinski definition) is 3. The molecule has 0 radical (unpaired) electrons. The number of para-hydroxylation sites is 2. The van der Waals surface area contributed by atoms with Crippen molar-refractivity contribution in [2.45, 2.75) is 25.4 Å². The molecule has 132 valence electrons. The number of fused-ring (bicyclic) bond motifs is 2. The zero-order chi connectivity index (χ0) is 18.1. The molecule has 4 rings (SSSR count). The van der Waals surface area contributed by atoms with Crippen LogP contribution in [0.1, 0.15) is 12.8 Å². The number of pyridine rings is 1. The van der Waals surface area contributed by atoms with E-state index in [1.54, 1.807) is 12.1 Å². The zero-order valence-electron chi connectivity index (χ0n) is 14.2. The summed E-state index contributed by atoms with van der Waals surface area (Å²) >= 11 is 0. The molecule has 1 aliphatic rings. The van der Waals surface area contributed by atoms with Crippen LogP contribution in [0.15, 0.2) is 53.3 Å². The molecule has 3 aromatic rings. The number of nitrogens with zero attached hydrogens (tertiary/aromatic N) is 1. The second kappa shape index (κ2) is 6.63. The van der Waals surface area contributed by atoms with Gasteiger partial charge >= 0.3 is 0 Å². The number of carbonyl (C=O) groups excluding carboxylic acids is 2. The van der Waals surface area contributed by atoms with Crippen molar-refractivity contribution in [3.8, 4) is 0 Å². The minimum atomic E-state index is -0.269. The summed E-state index contributed by atoms with van der Waals surface area (Å²) in [7, 11) is 0. The molecular formula is C20H19N3O3. The van der Waals surface area contributed by atoms with E-state index in [4.69, 9.17) is 0 Å². The highest BCUT2D eigenvalue weighted by Crippen LogP contribution is 2.19. The topological polar surface area (TPSA) is 80.2 Å². The summed E-state index contributed by atoms with van der Waals surface area (Å²) in [6.45, 7) is 0.00339. The summed E-state index contributed by atoms with van der Waals surface area (Å²) in [6.07, 6.45) is 2.02. The van der Waals surface area contributed by atoms with Gasteiger partial charge in [-0.3, -0.25) is 14.4 Å². The molecule has 2 amide bonds. The van der Waals surface area contributed by atoms with Crippen LogP contribution in [0.25, 0.3) is 21.8 Å². The van der Waals surface area contributed by atoms with Crippen molar-refractivity contribution >= 4 is 33.6 Å². The van der Waals surface area contributed by atoms with Crippen LogP contribution in [-0.4, -0.2) is 29.0 Å². The standard InChI is InChI=1S/C20H19N3O3/c24-18(22-13-9-10-13)11-21-19(25)12-23-16-7-3-1-5-14(16)20(26)15-6-2-4-8-17(15)23/h1-8,13H,9-12H2,(H,21,25)(H,22,24). The number of carbonyl (C=O) groups is 2. The smallest absolute Gasteiger partial charge is 0.240 e. The lowest BCUT2D eigenvalue weighted by Gasteiger charge is -2.15. The molecule has 6 nitrogen and oxygen atoms in total. The average Bonchev–Trinajstić information content (AvgIpc) is 3.47. The van der Waals surface area contributed by atoms with Crippen LogP contribution in [0.4, 0.5) is 0 Å². The van der Waals surface area contributed by atoms with Crippen LogP contribution in [0, 0.1) is 0 Å². The van der Waals surface area contributed by atoms with Gasteiger partial charge in [0, 0.05) is 16.8 Å². The lowest BCUT2D eigenvalue weighted by molar-refractivity contribution is -0.126. The van der Waals surface area contributed by atoms with E-state index in [1.807, 2.05) is 41.0 Å². The average molecular weight is 349 g/mol. The maximum Gasteiger partial charge on any atom is 0.240 e. The van der Waals surface area contributed by atoms with Crippen LogP contribution in [0.3, 0.4) is 0 Å². The Hall–Kier alpha value is -3.15. The molecule has 1 fully saturated rings. The van der Waals surface area contributed by atoms with Crippen LogP contribution in [-0.2, 0) is 16.1 Å². The Balaban J connectivity index is 1.64. The van der Waals surface area contributed by atoms with Gasteiger partial charge in [-0.2, -0.15) is 0 Å². The van der Waals surface area contributed by atoms with Crippen molar-refractivity contribution in [2.75, 3.05) is 6.54 Å². The van der Waals surface area contributed by atoms with Crippen LogP contribution < -0.4 is 16.1 Å². The highest BCUT2D eigenvalue weighted by atomic mass is 16.2. The molecule has 0 aliphatic heterocycles. The Morgan fingerprint density at radius 2 is 1.50 bits per heavy atom. The molecular weight excluding hydrogens is 330 g/mol. The second-order valence-electron chi connectivity index (χ2n) is 6.57. The van der Waals surface area contributed by atoms with Gasteiger partial charge in [-0.25, -0.2) is 0 Å². The first-order valence-electron chi connectivity index (χ1n) is 8.70. The van der Waals surface area contributed by atoms with Gasteiger partial charge in [-0.1, -0.05) is 24.3 Å². The van der Waals surface area contributed by atoms with Gasteiger partial charge in [0.15, 0.2) is 5.43 Å². The minimum absolute atomic E-state index is 0.0363. The van der Waals surface area contributed by atoms with E-state index in [0.717, 1.165) is 12.8 Å². The van der Waals surface area contributed by atoms with E-state index < -0.39 is 0 Å². The Kier molecular flexibility index (Phi) is 4.16. The first kappa shape index (κ1) is 16.3. The summed E-state index contributed by atoms with van der Waals surface area (Å²) in [5, 5.41) is 6.65. The highest BCUT2D eigenvalue weighted by molar-refractivity contribution is 5.95. The van der Waals surface area contributed by atoms with Gasteiger partial charge in [-0.15, -0.1) is 0 Å². The molecule has 1 saturated carbocycles. The summed E-state index contributed by atoms with van der Waals surface area (Å²) in [6, 6.07) is 14.8. The Morgan fingerprint density at radius 1 is 0.923 bits per heavy atom. The van der Waals surface area contributed by atoms with E-state index in [-0.39, 0.29) is 36.4 Å². The predicted molar refractivity (Wildman–Crippen MR) is 99.9 cm³/mol. The number of aromatic nitrogens is 1. The molecule has 1 aromatic heterocycles. The Morgan fingerprint density at radius 3 is 2.08 bits per heavy atom. The van der Waals surface area contributed by atoms with E-state index >= 15 is 0 Å².